The van der Waals surface area contributed by atoms with Gasteiger partial charge in [0.15, 0.2) is 0 Å². The minimum atomic E-state index is -4.69. The number of hydrogen-bond acceptors (Lipinski definition) is 3. The zero-order valence-electron chi connectivity index (χ0n) is 17.1. The topological polar surface area (TPSA) is 86.9 Å². The van der Waals surface area contributed by atoms with Crippen molar-refractivity contribution in [2.45, 2.75) is 12.6 Å². The van der Waals surface area contributed by atoms with Gasteiger partial charge in [-0.3, -0.25) is 14.7 Å². The average Bonchev–Trinajstić information content (AvgIpc) is 3.17. The summed E-state index contributed by atoms with van der Waals surface area (Å²) < 4.78 is 52.4. The first-order valence-electron chi connectivity index (χ1n) is 9.80. The van der Waals surface area contributed by atoms with Crippen molar-refractivity contribution in [3.8, 4) is 11.3 Å². The van der Waals surface area contributed by atoms with Crippen molar-refractivity contribution in [3.63, 3.8) is 0 Å². The summed E-state index contributed by atoms with van der Waals surface area (Å²) in [6.07, 6.45) is -5.31. The first-order chi connectivity index (χ1) is 16.1. The molecule has 0 aliphatic heterocycles. The molecule has 0 aliphatic rings. The first kappa shape index (κ1) is 23.2. The highest BCUT2D eigenvalue weighted by molar-refractivity contribution is 6.31. The zero-order valence-corrected chi connectivity index (χ0v) is 17.9. The molecule has 0 spiro atoms. The summed E-state index contributed by atoms with van der Waals surface area (Å²) >= 11 is 5.56. The van der Waals surface area contributed by atoms with Crippen LogP contribution in [0.3, 0.4) is 0 Å². The van der Waals surface area contributed by atoms with Gasteiger partial charge < -0.3 is 10.6 Å². The summed E-state index contributed by atoms with van der Waals surface area (Å²) in [5.74, 6) is -1.88. The summed E-state index contributed by atoms with van der Waals surface area (Å²) in [7, 11) is 0. The van der Waals surface area contributed by atoms with E-state index in [1.807, 2.05) is 0 Å². The number of halogens is 5. The Morgan fingerprint density at radius 2 is 1.62 bits per heavy atom. The number of H-pyrrole nitrogens is 1. The van der Waals surface area contributed by atoms with E-state index in [1.165, 1.54) is 18.2 Å². The van der Waals surface area contributed by atoms with Crippen LogP contribution in [0.5, 0.6) is 0 Å². The van der Waals surface area contributed by atoms with E-state index in [0.717, 1.165) is 6.07 Å². The molecule has 34 heavy (non-hydrogen) atoms. The first-order valence-corrected chi connectivity index (χ1v) is 10.2. The number of carbonyl (C=O) groups is 2. The normalized spacial score (nSPS) is 11.4. The third-order valence-corrected chi connectivity index (χ3v) is 5.15. The van der Waals surface area contributed by atoms with E-state index in [2.05, 4.69) is 20.8 Å². The van der Waals surface area contributed by atoms with Crippen LogP contribution in [0, 0.1) is 5.82 Å². The molecule has 0 radical (unpaired) electrons. The van der Waals surface area contributed by atoms with Crippen molar-refractivity contribution < 1.29 is 27.2 Å². The molecule has 6 nitrogen and oxygen atoms in total. The van der Waals surface area contributed by atoms with E-state index in [0.29, 0.717) is 33.9 Å². The molecule has 4 rings (SSSR count). The summed E-state index contributed by atoms with van der Waals surface area (Å²) in [6.45, 7) is 0. The van der Waals surface area contributed by atoms with Gasteiger partial charge in [0.25, 0.3) is 0 Å². The smallest absolute Gasteiger partial charge is 0.326 e. The Morgan fingerprint density at radius 3 is 2.29 bits per heavy atom. The fraction of sp³-hybridized carbons (Fsp3) is 0.0870. The Hall–Kier alpha value is -3.92. The number of hydrogen-bond donors (Lipinski definition) is 3. The van der Waals surface area contributed by atoms with Gasteiger partial charge in [-0.1, -0.05) is 23.7 Å². The lowest BCUT2D eigenvalue weighted by Gasteiger charge is -2.12. The standard InChI is InChI=1S/C23H15ClF4N4O2/c24-18-7-5-14(9-17(18)23(26,27)28)29-20(33)11-21(34)30-15-4-6-16-19(10-15)31-32-22(16)12-2-1-3-13(25)8-12/h1-10H,11H2,(H,29,33)(H,30,34)(H,31,32). The van der Waals surface area contributed by atoms with Gasteiger partial charge in [-0.25, -0.2) is 4.39 Å². The number of anilines is 2. The molecular formula is C23H15ClF4N4O2. The predicted octanol–water partition coefficient (Wildman–Crippen LogP) is 6.01. The average molecular weight is 491 g/mol. The largest absolute Gasteiger partial charge is 0.417 e. The Balaban J connectivity index is 1.42. The minimum absolute atomic E-state index is 0.140. The van der Waals surface area contributed by atoms with Crippen LogP contribution in [0.25, 0.3) is 22.2 Å². The molecule has 3 N–H and O–H groups in total. The van der Waals surface area contributed by atoms with E-state index in [1.54, 1.807) is 30.3 Å². The van der Waals surface area contributed by atoms with Crippen molar-refractivity contribution in [2.75, 3.05) is 10.6 Å². The van der Waals surface area contributed by atoms with Crippen molar-refractivity contribution in [2.24, 2.45) is 0 Å². The van der Waals surface area contributed by atoms with Gasteiger partial charge in [-0.2, -0.15) is 18.3 Å². The summed E-state index contributed by atoms with van der Waals surface area (Å²) in [6, 6.07) is 13.7. The molecule has 4 aromatic rings. The molecule has 1 heterocycles. The Bertz CT molecular complexity index is 1400. The number of nitrogens with one attached hydrogen (secondary N) is 3. The molecule has 0 saturated carbocycles. The summed E-state index contributed by atoms with van der Waals surface area (Å²) in [5.41, 5.74) is 0.816. The maximum absolute atomic E-state index is 13.5. The third kappa shape index (κ3) is 5.18. The second kappa shape index (κ2) is 9.14. The SMILES string of the molecule is O=C(CC(=O)Nc1ccc2c(-c3cccc(F)c3)n[nH]c2c1)Nc1ccc(Cl)c(C(F)(F)F)c1. The van der Waals surface area contributed by atoms with E-state index < -0.39 is 40.8 Å². The molecule has 2 amide bonds. The Morgan fingerprint density at radius 1 is 0.941 bits per heavy atom. The molecule has 0 aliphatic carbocycles. The minimum Gasteiger partial charge on any atom is -0.326 e. The molecule has 3 aromatic carbocycles. The highest BCUT2D eigenvalue weighted by Gasteiger charge is 2.33. The van der Waals surface area contributed by atoms with E-state index in [9.17, 15) is 27.2 Å². The lowest BCUT2D eigenvalue weighted by Crippen LogP contribution is -2.21. The van der Waals surface area contributed by atoms with E-state index in [4.69, 9.17) is 11.6 Å². The number of amides is 2. The molecule has 0 atom stereocenters. The Labute approximate surface area is 194 Å². The molecule has 0 saturated heterocycles. The van der Waals surface area contributed by atoms with Crippen LogP contribution in [0.4, 0.5) is 28.9 Å². The molecule has 0 fully saturated rings. The van der Waals surface area contributed by atoms with Gasteiger partial charge in [0, 0.05) is 22.3 Å². The van der Waals surface area contributed by atoms with Crippen LogP contribution >= 0.6 is 11.6 Å². The number of nitrogens with zero attached hydrogens (tertiary/aromatic N) is 1. The van der Waals surface area contributed by atoms with Gasteiger partial charge in [0.05, 0.1) is 16.1 Å². The maximum atomic E-state index is 13.5. The van der Waals surface area contributed by atoms with Crippen LogP contribution < -0.4 is 10.6 Å². The quantitative estimate of drug-likeness (QED) is 0.236. The second-order valence-electron chi connectivity index (χ2n) is 7.31. The maximum Gasteiger partial charge on any atom is 0.417 e. The van der Waals surface area contributed by atoms with Crippen molar-refractivity contribution in [1.82, 2.24) is 10.2 Å². The molecule has 0 bridgehead atoms. The number of aromatic amines is 1. The van der Waals surface area contributed by atoms with Gasteiger partial charge >= 0.3 is 6.18 Å². The molecule has 174 valence electrons. The number of alkyl halides is 3. The van der Waals surface area contributed by atoms with Crippen LogP contribution in [0.1, 0.15) is 12.0 Å². The number of carbonyl (C=O) groups excluding carboxylic acids is 2. The van der Waals surface area contributed by atoms with Crippen LogP contribution in [-0.2, 0) is 15.8 Å². The highest BCUT2D eigenvalue weighted by atomic mass is 35.5. The van der Waals surface area contributed by atoms with Crippen LogP contribution in [0.2, 0.25) is 5.02 Å². The summed E-state index contributed by atoms with van der Waals surface area (Å²) in [5, 5.41) is 12.0. The Kier molecular flexibility index (Phi) is 6.25. The molecular weight excluding hydrogens is 476 g/mol. The molecule has 1 aromatic heterocycles. The lowest BCUT2D eigenvalue weighted by atomic mass is 10.1. The second-order valence-corrected chi connectivity index (χ2v) is 7.72. The number of fused-ring (bicyclic) bond motifs is 1. The fourth-order valence-electron chi connectivity index (χ4n) is 3.33. The molecule has 11 heteroatoms. The van der Waals surface area contributed by atoms with Crippen LogP contribution in [-0.4, -0.2) is 22.0 Å². The van der Waals surface area contributed by atoms with Gasteiger partial charge in [0.1, 0.15) is 17.9 Å². The van der Waals surface area contributed by atoms with Crippen LogP contribution in [0.15, 0.2) is 60.7 Å². The highest BCUT2D eigenvalue weighted by Crippen LogP contribution is 2.36. The fourth-order valence-corrected chi connectivity index (χ4v) is 3.55. The van der Waals surface area contributed by atoms with Crippen molar-refractivity contribution in [1.29, 1.82) is 0 Å². The third-order valence-electron chi connectivity index (χ3n) is 4.82. The lowest BCUT2D eigenvalue weighted by molar-refractivity contribution is -0.137. The van der Waals surface area contributed by atoms with Gasteiger partial charge in [-0.15, -0.1) is 0 Å². The number of aromatic nitrogens is 2. The molecule has 0 unspecified atom stereocenters. The summed E-state index contributed by atoms with van der Waals surface area (Å²) in [4.78, 5) is 24.4. The van der Waals surface area contributed by atoms with E-state index in [-0.39, 0.29) is 5.69 Å². The van der Waals surface area contributed by atoms with Gasteiger partial charge in [-0.05, 0) is 48.5 Å². The number of rotatable bonds is 5. The zero-order chi connectivity index (χ0) is 24.5. The van der Waals surface area contributed by atoms with Gasteiger partial charge in [0.2, 0.25) is 11.8 Å². The number of benzene rings is 3. The van der Waals surface area contributed by atoms with Crippen molar-refractivity contribution >= 4 is 45.7 Å². The van der Waals surface area contributed by atoms with E-state index >= 15 is 0 Å². The monoisotopic (exact) mass is 490 g/mol. The predicted molar refractivity (Wildman–Crippen MR) is 120 cm³/mol. The van der Waals surface area contributed by atoms with Crippen molar-refractivity contribution in [3.05, 3.63) is 77.1 Å².